The van der Waals surface area contributed by atoms with Crippen molar-refractivity contribution in [2.45, 2.75) is 71.8 Å². The lowest BCUT2D eigenvalue weighted by Gasteiger charge is -2.09. The molecule has 1 aromatic carbocycles. The summed E-state index contributed by atoms with van der Waals surface area (Å²) in [6, 6.07) is 9.27. The molecule has 42 heavy (non-hydrogen) atoms. The predicted molar refractivity (Wildman–Crippen MR) is 157 cm³/mol. The topological polar surface area (TPSA) is 177 Å². The number of carbonyl (C=O) groups excluding carboxylic acids is 2. The highest BCUT2D eigenvalue weighted by molar-refractivity contribution is 6.31. The van der Waals surface area contributed by atoms with E-state index in [1.807, 2.05) is 45.0 Å². The van der Waals surface area contributed by atoms with Crippen LogP contribution in [0.3, 0.4) is 0 Å². The number of amides is 1. The van der Waals surface area contributed by atoms with Crippen LogP contribution in [-0.4, -0.2) is 42.5 Å². The number of aromatic hydroxyl groups is 1. The third-order valence-electron chi connectivity index (χ3n) is 6.90. The Bertz CT molecular complexity index is 1600. The maximum Gasteiger partial charge on any atom is 0.277 e. The number of benzene rings is 1. The minimum atomic E-state index is -0.642. The van der Waals surface area contributed by atoms with E-state index in [1.54, 1.807) is 25.3 Å². The quantitative estimate of drug-likeness (QED) is 0.115. The van der Waals surface area contributed by atoms with E-state index in [9.17, 15) is 19.8 Å². The molecule has 4 rings (SSSR count). The summed E-state index contributed by atoms with van der Waals surface area (Å²) in [5, 5.41) is 22.6. The molecule has 1 amide bonds. The fourth-order valence-electron chi connectivity index (χ4n) is 4.99. The zero-order valence-corrected chi connectivity index (χ0v) is 24.5. The molecule has 4 aromatic rings. The van der Waals surface area contributed by atoms with Crippen LogP contribution in [0, 0.1) is 0 Å². The molecule has 0 unspecified atom stereocenters. The number of aryl methyl sites for hydroxylation is 2. The van der Waals surface area contributed by atoms with Gasteiger partial charge in [0.2, 0.25) is 6.20 Å². The Morgan fingerprint density at radius 1 is 1.17 bits per heavy atom. The second-order valence-electron chi connectivity index (χ2n) is 10.2. The zero-order chi connectivity index (χ0) is 30.4. The number of fused-ring (bicyclic) bond motifs is 1. The number of ketones is 1. The summed E-state index contributed by atoms with van der Waals surface area (Å²) in [6.45, 7) is 5.42. The number of Topliss-reactive ketones (excluding diaryl/α,β-unsaturated/α-hetero) is 1. The highest BCUT2D eigenvalue weighted by atomic mass is 35.5. The normalized spacial score (nSPS) is 12.0. The highest BCUT2D eigenvalue weighted by Gasteiger charge is 2.27. The van der Waals surface area contributed by atoms with Crippen molar-refractivity contribution in [3.63, 3.8) is 0 Å². The maximum absolute atomic E-state index is 12.9. The molecular formula is C29H37ClN8O4+2. The van der Waals surface area contributed by atoms with Gasteiger partial charge in [0.1, 0.15) is 25.4 Å². The largest absolute Gasteiger partial charge is 0.503 e. The number of hydrogen-bond acceptors (Lipinski definition) is 8. The maximum atomic E-state index is 12.9. The van der Waals surface area contributed by atoms with Crippen molar-refractivity contribution in [1.82, 2.24) is 19.9 Å². The molecule has 0 saturated heterocycles. The van der Waals surface area contributed by atoms with E-state index in [1.165, 1.54) is 0 Å². The van der Waals surface area contributed by atoms with Crippen LogP contribution >= 0.6 is 11.6 Å². The Hall–Kier alpha value is -4.29. The molecule has 0 aliphatic heterocycles. The lowest BCUT2D eigenvalue weighted by Crippen LogP contribution is -2.44. The SMILES string of the molecule is CCn1c(CNC(=O)c2nc(Cl)c(N)nc2N)[n+](C[C@H](C)O)c2ccc(CC(=O)CCCC[n+]3cccc(O)c3)cc21. The Balaban J connectivity index is 1.49. The van der Waals surface area contributed by atoms with Crippen LogP contribution in [0.25, 0.3) is 11.0 Å². The van der Waals surface area contributed by atoms with Crippen LogP contribution < -0.4 is 25.9 Å². The number of halogens is 1. The minimum Gasteiger partial charge on any atom is -0.503 e. The number of anilines is 2. The molecule has 12 nitrogen and oxygen atoms in total. The number of aromatic nitrogens is 5. The van der Waals surface area contributed by atoms with Gasteiger partial charge in [-0.1, -0.05) is 17.7 Å². The molecule has 0 bridgehead atoms. The number of nitrogens with zero attached hydrogens (tertiary/aromatic N) is 5. The van der Waals surface area contributed by atoms with Crippen molar-refractivity contribution in [2.24, 2.45) is 0 Å². The van der Waals surface area contributed by atoms with Crippen LogP contribution in [-0.2, 0) is 37.4 Å². The van der Waals surface area contributed by atoms with Crippen LogP contribution in [0.1, 0.15) is 55.0 Å². The summed E-state index contributed by atoms with van der Waals surface area (Å²) >= 11 is 5.94. The molecule has 7 N–H and O–H groups in total. The molecule has 0 fully saturated rings. The van der Waals surface area contributed by atoms with Gasteiger partial charge in [-0.2, -0.15) is 0 Å². The minimum absolute atomic E-state index is 0.0618. The molecule has 13 heteroatoms. The van der Waals surface area contributed by atoms with Crippen molar-refractivity contribution in [1.29, 1.82) is 0 Å². The van der Waals surface area contributed by atoms with Gasteiger partial charge in [-0.15, -0.1) is 0 Å². The van der Waals surface area contributed by atoms with E-state index in [2.05, 4.69) is 15.3 Å². The number of unbranched alkanes of at least 4 members (excludes halogenated alkanes) is 1. The zero-order valence-electron chi connectivity index (χ0n) is 23.8. The summed E-state index contributed by atoms with van der Waals surface area (Å²) in [4.78, 5) is 33.5. The Kier molecular flexibility index (Phi) is 9.92. The second kappa shape index (κ2) is 13.6. The number of nitrogens with one attached hydrogen (secondary N) is 1. The molecule has 3 heterocycles. The van der Waals surface area contributed by atoms with E-state index in [0.717, 1.165) is 41.8 Å². The van der Waals surface area contributed by atoms with E-state index in [0.29, 0.717) is 25.9 Å². The predicted octanol–water partition coefficient (Wildman–Crippen LogP) is 1.84. The first-order valence-electron chi connectivity index (χ1n) is 13.9. The van der Waals surface area contributed by atoms with Gasteiger partial charge >= 0.3 is 0 Å². The first-order valence-corrected chi connectivity index (χ1v) is 14.2. The summed E-state index contributed by atoms with van der Waals surface area (Å²) in [5.74, 6) is 0.361. The van der Waals surface area contributed by atoms with Crippen LogP contribution in [0.2, 0.25) is 5.15 Å². The van der Waals surface area contributed by atoms with Gasteiger partial charge in [0.25, 0.3) is 11.7 Å². The Morgan fingerprint density at radius 3 is 2.67 bits per heavy atom. The van der Waals surface area contributed by atoms with E-state index < -0.39 is 12.0 Å². The van der Waals surface area contributed by atoms with Gasteiger partial charge in [0.05, 0.1) is 12.6 Å². The van der Waals surface area contributed by atoms with Gasteiger partial charge in [-0.3, -0.25) is 9.59 Å². The number of nitrogens with two attached hydrogens (primary N) is 2. The van der Waals surface area contributed by atoms with Crippen LogP contribution in [0.15, 0.2) is 42.7 Å². The van der Waals surface area contributed by atoms with E-state index >= 15 is 0 Å². The van der Waals surface area contributed by atoms with Gasteiger partial charge < -0.3 is 27.0 Å². The number of aliphatic hydroxyl groups is 1. The fourth-order valence-corrected chi connectivity index (χ4v) is 5.12. The van der Waals surface area contributed by atoms with Gasteiger partial charge in [-0.25, -0.2) is 23.7 Å². The number of rotatable bonds is 13. The lowest BCUT2D eigenvalue weighted by atomic mass is 10.0. The molecule has 222 valence electrons. The Labute approximate surface area is 248 Å². The molecule has 0 aliphatic carbocycles. The first kappa shape index (κ1) is 30.7. The third kappa shape index (κ3) is 7.31. The van der Waals surface area contributed by atoms with Crippen molar-refractivity contribution >= 4 is 46.0 Å². The van der Waals surface area contributed by atoms with Crippen molar-refractivity contribution in [3.05, 3.63) is 65.0 Å². The van der Waals surface area contributed by atoms with Crippen LogP contribution in [0.4, 0.5) is 11.6 Å². The monoisotopic (exact) mass is 596 g/mol. The summed E-state index contributed by atoms with van der Waals surface area (Å²) in [6.07, 6.45) is 5.26. The molecule has 0 radical (unpaired) electrons. The number of pyridine rings is 1. The second-order valence-corrected chi connectivity index (χ2v) is 10.6. The molecule has 1 atom stereocenters. The summed E-state index contributed by atoms with van der Waals surface area (Å²) in [7, 11) is 0. The van der Waals surface area contributed by atoms with E-state index in [4.69, 9.17) is 23.1 Å². The molecule has 3 aromatic heterocycles. The van der Waals surface area contributed by atoms with Gasteiger partial charge in [0.15, 0.2) is 45.5 Å². The average Bonchev–Trinajstić information content (AvgIpc) is 3.22. The molecule has 0 spiro atoms. The van der Waals surface area contributed by atoms with Crippen molar-refractivity contribution < 1.29 is 28.9 Å². The molecule has 0 saturated carbocycles. The lowest BCUT2D eigenvalue weighted by molar-refractivity contribution is -0.697. The number of imidazole rings is 1. The summed E-state index contributed by atoms with van der Waals surface area (Å²) in [5.41, 5.74) is 14.0. The smallest absolute Gasteiger partial charge is 0.277 e. The van der Waals surface area contributed by atoms with Gasteiger partial charge in [0, 0.05) is 25.3 Å². The Morgan fingerprint density at radius 2 is 1.95 bits per heavy atom. The van der Waals surface area contributed by atoms with Crippen molar-refractivity contribution in [2.75, 3.05) is 11.5 Å². The standard InChI is InChI=1S/C29H35ClN8O4/c1-3-37-23-14-19(13-20(40)7-4-5-11-36-12-6-8-21(41)17-36)9-10-22(23)38(16-18(2)39)24(37)15-33-29(42)25-27(31)35-28(32)26(30)34-25/h6,8-10,12,14,17-18,39H,3-5,7,11,13,15-16H2,1-2H3,(H4-2,31,32,33,35,41,42)/p+2/t18-/m0/s1. The van der Waals surface area contributed by atoms with Crippen molar-refractivity contribution in [3.8, 4) is 5.75 Å². The van der Waals surface area contributed by atoms with Crippen LogP contribution in [0.5, 0.6) is 5.75 Å². The molecular weight excluding hydrogens is 560 g/mol. The number of carbonyl (C=O) groups is 2. The number of hydrogen-bond donors (Lipinski definition) is 5. The molecule has 0 aliphatic rings. The fraction of sp³-hybridized carbons (Fsp3) is 0.379. The van der Waals surface area contributed by atoms with E-state index in [-0.39, 0.29) is 40.6 Å². The highest BCUT2D eigenvalue weighted by Crippen LogP contribution is 2.20. The van der Waals surface area contributed by atoms with Gasteiger partial charge in [-0.05, 0) is 44.0 Å². The summed E-state index contributed by atoms with van der Waals surface area (Å²) < 4.78 is 5.91. The average molecular weight is 597 g/mol. The number of aliphatic hydroxyl groups excluding tert-OH is 1. The third-order valence-corrected chi connectivity index (χ3v) is 7.18. The number of nitrogen functional groups attached to an aromatic ring is 2. The first-order chi connectivity index (χ1) is 20.1.